The minimum atomic E-state index is -0.580. The molecule has 0 spiro atoms. The number of halogens is 1. The fourth-order valence-corrected chi connectivity index (χ4v) is 2.64. The van der Waals surface area contributed by atoms with E-state index in [0.717, 1.165) is 0 Å². The van der Waals surface area contributed by atoms with Gasteiger partial charge in [0.15, 0.2) is 0 Å². The Morgan fingerprint density at radius 2 is 1.86 bits per heavy atom. The third-order valence-corrected chi connectivity index (χ3v) is 4.06. The molecule has 7 nitrogen and oxygen atoms in total. The molecule has 0 aliphatic rings. The summed E-state index contributed by atoms with van der Waals surface area (Å²) >= 11 is 5.79. The van der Waals surface area contributed by atoms with Crippen LogP contribution in [0, 0.1) is 10.1 Å². The number of nitrogens with one attached hydrogen (secondary N) is 1. The Bertz CT molecular complexity index is 1020. The zero-order valence-electron chi connectivity index (χ0n) is 14.5. The molecule has 3 aromatic rings. The number of carbonyl (C=O) groups excluding carboxylic acids is 1. The molecule has 0 radical (unpaired) electrons. The zero-order chi connectivity index (χ0) is 20.1. The van der Waals surface area contributed by atoms with Crippen molar-refractivity contribution in [2.45, 2.75) is 6.61 Å². The minimum absolute atomic E-state index is 0.0485. The Hall–Kier alpha value is -3.42. The van der Waals surface area contributed by atoms with E-state index in [2.05, 4.69) is 5.32 Å². The van der Waals surface area contributed by atoms with Gasteiger partial charge in [-0.1, -0.05) is 23.7 Å². The van der Waals surface area contributed by atoms with Crippen LogP contribution in [-0.2, 0) is 6.61 Å². The number of hydrogen-bond acceptors (Lipinski definition) is 5. The molecule has 2 N–H and O–H groups in total. The van der Waals surface area contributed by atoms with E-state index >= 15 is 0 Å². The van der Waals surface area contributed by atoms with Crippen molar-refractivity contribution < 1.29 is 19.6 Å². The summed E-state index contributed by atoms with van der Waals surface area (Å²) in [5.74, 6) is 0.0517. The van der Waals surface area contributed by atoms with Gasteiger partial charge in [-0.05, 0) is 54.1 Å². The predicted molar refractivity (Wildman–Crippen MR) is 105 cm³/mol. The predicted octanol–water partition coefficient (Wildman–Crippen LogP) is 4.79. The van der Waals surface area contributed by atoms with Gasteiger partial charge in [0.05, 0.1) is 11.5 Å². The number of aliphatic hydroxyl groups excluding tert-OH is 1. The number of nitrogens with zero attached hydrogens (tertiary/aromatic N) is 1. The summed E-state index contributed by atoms with van der Waals surface area (Å²) in [6.07, 6.45) is 0. The maximum absolute atomic E-state index is 12.3. The fraction of sp³-hybridized carbons (Fsp3) is 0.0500. The Balaban J connectivity index is 1.73. The maximum Gasteiger partial charge on any atom is 0.313 e. The van der Waals surface area contributed by atoms with Gasteiger partial charge in [-0.15, -0.1) is 0 Å². The van der Waals surface area contributed by atoms with E-state index in [9.17, 15) is 14.9 Å². The summed E-state index contributed by atoms with van der Waals surface area (Å²) in [6, 6.07) is 17.2. The van der Waals surface area contributed by atoms with Crippen molar-refractivity contribution in [1.29, 1.82) is 0 Å². The van der Waals surface area contributed by atoms with Gasteiger partial charge in [0, 0.05) is 22.3 Å². The number of nitro groups is 1. The molecule has 0 saturated heterocycles. The summed E-state index contributed by atoms with van der Waals surface area (Å²) in [6.45, 7) is -0.118. The Morgan fingerprint density at radius 3 is 2.54 bits per heavy atom. The van der Waals surface area contributed by atoms with Crippen molar-refractivity contribution in [3.8, 4) is 11.5 Å². The molecule has 0 atom stereocenters. The minimum Gasteiger partial charge on any atom is -0.450 e. The summed E-state index contributed by atoms with van der Waals surface area (Å²) in [4.78, 5) is 22.9. The number of ether oxygens (including phenoxy) is 1. The molecule has 142 valence electrons. The summed E-state index contributed by atoms with van der Waals surface area (Å²) in [5.41, 5.74) is 1.38. The average molecular weight is 399 g/mol. The number of benzene rings is 3. The highest BCUT2D eigenvalue weighted by molar-refractivity contribution is 6.30. The van der Waals surface area contributed by atoms with Gasteiger partial charge in [-0.3, -0.25) is 14.9 Å². The van der Waals surface area contributed by atoms with Crippen molar-refractivity contribution in [2.24, 2.45) is 0 Å². The SMILES string of the molecule is O=C(Nc1cccc(CO)c1)c1ccc(Oc2ccc(Cl)cc2[N+](=O)[O-])cc1. The van der Waals surface area contributed by atoms with Gasteiger partial charge in [0.2, 0.25) is 5.75 Å². The molecule has 0 aliphatic carbocycles. The van der Waals surface area contributed by atoms with Gasteiger partial charge >= 0.3 is 5.69 Å². The zero-order valence-corrected chi connectivity index (χ0v) is 15.2. The first-order valence-electron chi connectivity index (χ1n) is 8.19. The normalized spacial score (nSPS) is 10.4. The van der Waals surface area contributed by atoms with Gasteiger partial charge in [-0.2, -0.15) is 0 Å². The number of amides is 1. The van der Waals surface area contributed by atoms with Crippen molar-refractivity contribution in [2.75, 3.05) is 5.32 Å². The quantitative estimate of drug-likeness (QED) is 0.459. The maximum atomic E-state index is 12.3. The van der Waals surface area contributed by atoms with E-state index in [4.69, 9.17) is 21.4 Å². The van der Waals surface area contributed by atoms with Gasteiger partial charge in [0.25, 0.3) is 5.91 Å². The first-order chi connectivity index (χ1) is 13.5. The second-order valence-electron chi connectivity index (χ2n) is 5.81. The van der Waals surface area contributed by atoms with Crippen LogP contribution in [0.3, 0.4) is 0 Å². The number of rotatable bonds is 6. The van der Waals surface area contributed by atoms with Crippen LogP contribution < -0.4 is 10.1 Å². The second kappa shape index (κ2) is 8.51. The van der Waals surface area contributed by atoms with E-state index in [0.29, 0.717) is 22.6 Å². The monoisotopic (exact) mass is 398 g/mol. The standard InChI is InChI=1S/C20H15ClN2O5/c21-15-6-9-19(18(11-15)23(26)27)28-17-7-4-14(5-8-17)20(25)22-16-3-1-2-13(10-16)12-24/h1-11,24H,12H2,(H,22,25). The van der Waals surface area contributed by atoms with Gasteiger partial charge < -0.3 is 15.2 Å². The van der Waals surface area contributed by atoms with Crippen LogP contribution in [0.15, 0.2) is 66.7 Å². The van der Waals surface area contributed by atoms with E-state index < -0.39 is 4.92 Å². The lowest BCUT2D eigenvalue weighted by atomic mass is 10.1. The van der Waals surface area contributed by atoms with Crippen molar-refractivity contribution in [1.82, 2.24) is 0 Å². The lowest BCUT2D eigenvalue weighted by Crippen LogP contribution is -2.11. The molecular formula is C20H15ClN2O5. The molecule has 0 fully saturated rings. The van der Waals surface area contributed by atoms with Crippen LogP contribution in [0.4, 0.5) is 11.4 Å². The number of carbonyl (C=O) groups is 1. The molecule has 3 rings (SSSR count). The highest BCUT2D eigenvalue weighted by Gasteiger charge is 2.16. The fourth-order valence-electron chi connectivity index (χ4n) is 2.47. The Kier molecular flexibility index (Phi) is 5.88. The number of hydrogen-bond donors (Lipinski definition) is 2. The summed E-state index contributed by atoms with van der Waals surface area (Å²) in [5, 5.41) is 23.3. The van der Waals surface area contributed by atoms with E-state index in [1.54, 1.807) is 36.4 Å². The second-order valence-corrected chi connectivity index (χ2v) is 6.24. The van der Waals surface area contributed by atoms with Crippen LogP contribution in [-0.4, -0.2) is 15.9 Å². The molecule has 1 amide bonds. The van der Waals surface area contributed by atoms with Crippen LogP contribution in [0.25, 0.3) is 0 Å². The lowest BCUT2D eigenvalue weighted by molar-refractivity contribution is -0.385. The molecule has 0 aromatic heterocycles. The van der Waals surface area contributed by atoms with E-state index in [1.807, 2.05) is 0 Å². The van der Waals surface area contributed by atoms with Crippen molar-refractivity contribution in [3.05, 3.63) is 93.0 Å². The van der Waals surface area contributed by atoms with E-state index in [-0.39, 0.29) is 29.0 Å². The van der Waals surface area contributed by atoms with Gasteiger partial charge in [-0.25, -0.2) is 0 Å². The first kappa shape index (κ1) is 19.3. The van der Waals surface area contributed by atoms with Crippen LogP contribution in [0.2, 0.25) is 5.02 Å². The molecule has 0 bridgehead atoms. The molecule has 0 unspecified atom stereocenters. The largest absolute Gasteiger partial charge is 0.450 e. The van der Waals surface area contributed by atoms with Crippen molar-refractivity contribution in [3.63, 3.8) is 0 Å². The first-order valence-corrected chi connectivity index (χ1v) is 8.57. The molecular weight excluding hydrogens is 384 g/mol. The van der Waals surface area contributed by atoms with Crippen LogP contribution in [0.5, 0.6) is 11.5 Å². The average Bonchev–Trinajstić information content (AvgIpc) is 2.70. The van der Waals surface area contributed by atoms with E-state index in [1.165, 1.54) is 30.3 Å². The molecule has 8 heteroatoms. The Morgan fingerprint density at radius 1 is 1.11 bits per heavy atom. The van der Waals surface area contributed by atoms with Crippen LogP contribution >= 0.6 is 11.6 Å². The molecule has 3 aromatic carbocycles. The molecule has 0 heterocycles. The smallest absolute Gasteiger partial charge is 0.313 e. The highest BCUT2D eigenvalue weighted by Crippen LogP contribution is 2.33. The summed E-state index contributed by atoms with van der Waals surface area (Å²) < 4.78 is 5.55. The number of nitro benzene ring substituents is 1. The summed E-state index contributed by atoms with van der Waals surface area (Å²) in [7, 11) is 0. The molecule has 28 heavy (non-hydrogen) atoms. The topological polar surface area (TPSA) is 102 Å². The number of aliphatic hydroxyl groups is 1. The molecule has 0 saturated carbocycles. The van der Waals surface area contributed by atoms with Crippen LogP contribution in [0.1, 0.15) is 15.9 Å². The third kappa shape index (κ3) is 4.64. The number of anilines is 1. The highest BCUT2D eigenvalue weighted by atomic mass is 35.5. The van der Waals surface area contributed by atoms with Gasteiger partial charge in [0.1, 0.15) is 5.75 Å². The Labute approximate surface area is 165 Å². The lowest BCUT2D eigenvalue weighted by Gasteiger charge is -2.09. The van der Waals surface area contributed by atoms with Crippen molar-refractivity contribution >= 4 is 28.9 Å². The molecule has 0 aliphatic heterocycles. The third-order valence-electron chi connectivity index (χ3n) is 3.83.